The number of nitrogens with one attached hydrogen (secondary N) is 1. The first kappa shape index (κ1) is 17.2. The first-order valence-electron chi connectivity index (χ1n) is 6.75. The van der Waals surface area contributed by atoms with E-state index in [0.717, 1.165) is 18.4 Å². The van der Waals surface area contributed by atoms with Crippen LogP contribution in [-0.4, -0.2) is 13.0 Å². The van der Waals surface area contributed by atoms with E-state index in [9.17, 15) is 4.79 Å². The fourth-order valence-electron chi connectivity index (χ4n) is 1.68. The molecule has 1 aliphatic carbocycles. The highest BCUT2D eigenvalue weighted by Gasteiger charge is 2.10. The molecule has 1 aliphatic rings. The largest absolute Gasteiger partial charge is 0.359 e. The zero-order chi connectivity index (χ0) is 14.7. The summed E-state index contributed by atoms with van der Waals surface area (Å²) in [6, 6.07) is 0. The highest BCUT2D eigenvalue weighted by atomic mass is 16.1. The molecule has 0 bridgehead atoms. The van der Waals surface area contributed by atoms with Crippen LogP contribution in [0, 0.1) is 0 Å². The Kier molecular flexibility index (Phi) is 9.15. The van der Waals surface area contributed by atoms with Gasteiger partial charge < -0.3 is 5.32 Å². The minimum atomic E-state index is 0.0680. The molecule has 104 valence electrons. The molecular weight excluding hydrogens is 234 g/mol. The molecule has 1 rings (SSSR count). The van der Waals surface area contributed by atoms with Crippen molar-refractivity contribution in [2.75, 3.05) is 7.05 Å². The Morgan fingerprint density at radius 1 is 1.37 bits per heavy atom. The third kappa shape index (κ3) is 6.61. The summed E-state index contributed by atoms with van der Waals surface area (Å²) in [6.07, 6.45) is 12.0. The molecule has 0 aliphatic heterocycles. The number of allylic oxidation sites excluding steroid dienone is 7. The standard InChI is InChI=1S/C15H19NO.C2H6/c1-4-5-6-12(2)14-9-7-13(8-10-14)11-15(17)16-3;1-2/h4-7,9H,1-2,8,10-11H2,3H3,(H,16,17);1-2H3/b6-5-;. The van der Waals surface area contributed by atoms with E-state index in [1.54, 1.807) is 13.1 Å². The number of carbonyl (C=O) groups excluding carboxylic acids is 1. The van der Waals surface area contributed by atoms with Crippen molar-refractivity contribution in [3.63, 3.8) is 0 Å². The summed E-state index contributed by atoms with van der Waals surface area (Å²) in [6.45, 7) is 11.6. The highest BCUT2D eigenvalue weighted by Crippen LogP contribution is 2.25. The SMILES string of the molecule is C=C/C=C\C(=C)C1=CC=C(CC(=O)NC)CC1.CC. The molecule has 1 N–H and O–H groups in total. The van der Waals surface area contributed by atoms with Crippen molar-refractivity contribution in [3.05, 3.63) is 60.3 Å². The normalized spacial score (nSPS) is 13.8. The van der Waals surface area contributed by atoms with Crippen LogP contribution >= 0.6 is 0 Å². The summed E-state index contributed by atoms with van der Waals surface area (Å²) in [5, 5.41) is 2.63. The summed E-state index contributed by atoms with van der Waals surface area (Å²) >= 11 is 0. The smallest absolute Gasteiger partial charge is 0.223 e. The van der Waals surface area contributed by atoms with Crippen LogP contribution in [0.25, 0.3) is 0 Å². The lowest BCUT2D eigenvalue weighted by molar-refractivity contribution is -0.119. The zero-order valence-corrected chi connectivity index (χ0v) is 12.3. The predicted octanol–water partition coefficient (Wildman–Crippen LogP) is 4.09. The average molecular weight is 259 g/mol. The molecule has 0 saturated heterocycles. The Hall–Kier alpha value is -1.83. The van der Waals surface area contributed by atoms with Crippen LogP contribution in [0.3, 0.4) is 0 Å². The summed E-state index contributed by atoms with van der Waals surface area (Å²) in [7, 11) is 1.66. The molecular formula is C17H25NO. The van der Waals surface area contributed by atoms with Crippen molar-refractivity contribution in [3.8, 4) is 0 Å². The van der Waals surface area contributed by atoms with E-state index in [1.165, 1.54) is 11.1 Å². The van der Waals surface area contributed by atoms with E-state index in [2.05, 4.69) is 24.6 Å². The van der Waals surface area contributed by atoms with E-state index in [-0.39, 0.29) is 5.91 Å². The Bertz CT molecular complexity index is 411. The molecule has 0 spiro atoms. The Labute approximate surface area is 117 Å². The van der Waals surface area contributed by atoms with E-state index in [1.807, 2.05) is 32.1 Å². The molecule has 19 heavy (non-hydrogen) atoms. The van der Waals surface area contributed by atoms with Gasteiger partial charge in [0, 0.05) is 13.5 Å². The third-order valence-corrected chi connectivity index (χ3v) is 2.75. The lowest BCUT2D eigenvalue weighted by atomic mass is 9.92. The van der Waals surface area contributed by atoms with Crippen molar-refractivity contribution >= 4 is 5.91 Å². The van der Waals surface area contributed by atoms with Gasteiger partial charge in [-0.3, -0.25) is 4.79 Å². The Balaban J connectivity index is 0.00000154. The summed E-state index contributed by atoms with van der Waals surface area (Å²) in [5.41, 5.74) is 3.41. The van der Waals surface area contributed by atoms with Crippen molar-refractivity contribution in [1.29, 1.82) is 0 Å². The number of rotatable bonds is 5. The molecule has 0 aromatic heterocycles. The first-order chi connectivity index (χ1) is 9.17. The zero-order valence-electron chi connectivity index (χ0n) is 12.3. The highest BCUT2D eigenvalue weighted by molar-refractivity contribution is 5.78. The van der Waals surface area contributed by atoms with E-state index < -0.39 is 0 Å². The van der Waals surface area contributed by atoms with Crippen molar-refractivity contribution in [2.24, 2.45) is 0 Å². The lowest BCUT2D eigenvalue weighted by Gasteiger charge is -2.14. The maximum atomic E-state index is 11.2. The molecule has 0 heterocycles. The van der Waals surface area contributed by atoms with Crippen LogP contribution in [0.1, 0.15) is 33.1 Å². The second kappa shape index (κ2) is 10.1. The molecule has 0 aromatic rings. The molecule has 2 nitrogen and oxygen atoms in total. The van der Waals surface area contributed by atoms with Crippen LogP contribution < -0.4 is 5.32 Å². The predicted molar refractivity (Wildman–Crippen MR) is 83.9 cm³/mol. The average Bonchev–Trinajstić information content (AvgIpc) is 2.47. The third-order valence-electron chi connectivity index (χ3n) is 2.75. The summed E-state index contributed by atoms with van der Waals surface area (Å²) in [4.78, 5) is 11.2. The maximum absolute atomic E-state index is 11.2. The van der Waals surface area contributed by atoms with Crippen molar-refractivity contribution in [2.45, 2.75) is 33.1 Å². The quantitative estimate of drug-likeness (QED) is 0.740. The number of amides is 1. The van der Waals surface area contributed by atoms with Crippen molar-refractivity contribution in [1.82, 2.24) is 5.32 Å². The molecule has 0 radical (unpaired) electrons. The molecule has 0 unspecified atom stereocenters. The van der Waals surface area contributed by atoms with E-state index in [4.69, 9.17) is 0 Å². The second-order valence-corrected chi connectivity index (χ2v) is 3.99. The van der Waals surface area contributed by atoms with Gasteiger partial charge >= 0.3 is 0 Å². The fourth-order valence-corrected chi connectivity index (χ4v) is 1.68. The van der Waals surface area contributed by atoms with Crippen molar-refractivity contribution < 1.29 is 4.79 Å². The first-order valence-corrected chi connectivity index (χ1v) is 6.75. The number of hydrogen-bond donors (Lipinski definition) is 1. The number of carbonyl (C=O) groups is 1. The van der Waals surface area contributed by atoms with Gasteiger partial charge in [-0.05, 0) is 24.0 Å². The van der Waals surface area contributed by atoms with Crippen LogP contribution in [-0.2, 0) is 4.79 Å². The van der Waals surface area contributed by atoms with Gasteiger partial charge in [-0.25, -0.2) is 0 Å². The second-order valence-electron chi connectivity index (χ2n) is 3.99. The lowest BCUT2D eigenvalue weighted by Crippen LogP contribution is -2.18. The Morgan fingerprint density at radius 2 is 2.05 bits per heavy atom. The molecule has 1 amide bonds. The molecule has 0 saturated carbocycles. The Morgan fingerprint density at radius 3 is 2.53 bits per heavy atom. The summed E-state index contributed by atoms with van der Waals surface area (Å²) in [5.74, 6) is 0.0680. The van der Waals surface area contributed by atoms with Gasteiger partial charge in [-0.2, -0.15) is 0 Å². The van der Waals surface area contributed by atoms with Gasteiger partial charge in [0.25, 0.3) is 0 Å². The molecule has 0 aromatic carbocycles. The fraction of sp³-hybridized carbons (Fsp3) is 0.353. The number of hydrogen-bond acceptors (Lipinski definition) is 1. The molecule has 0 atom stereocenters. The van der Waals surface area contributed by atoms with Crippen LogP contribution in [0.4, 0.5) is 0 Å². The van der Waals surface area contributed by atoms with Crippen LogP contribution in [0.5, 0.6) is 0 Å². The van der Waals surface area contributed by atoms with Gasteiger partial charge in [0.15, 0.2) is 0 Å². The maximum Gasteiger partial charge on any atom is 0.223 e. The van der Waals surface area contributed by atoms with Gasteiger partial charge in [0.2, 0.25) is 5.91 Å². The minimum Gasteiger partial charge on any atom is -0.359 e. The van der Waals surface area contributed by atoms with Gasteiger partial charge in [0.1, 0.15) is 0 Å². The summed E-state index contributed by atoms with van der Waals surface area (Å²) < 4.78 is 0. The molecule has 0 fully saturated rings. The molecule has 2 heteroatoms. The minimum absolute atomic E-state index is 0.0680. The van der Waals surface area contributed by atoms with E-state index >= 15 is 0 Å². The van der Waals surface area contributed by atoms with Gasteiger partial charge in [0.05, 0.1) is 0 Å². The van der Waals surface area contributed by atoms with Crippen LogP contribution in [0.2, 0.25) is 0 Å². The van der Waals surface area contributed by atoms with Gasteiger partial charge in [-0.1, -0.05) is 63.0 Å². The topological polar surface area (TPSA) is 29.1 Å². The van der Waals surface area contributed by atoms with E-state index in [0.29, 0.717) is 6.42 Å². The van der Waals surface area contributed by atoms with Crippen LogP contribution in [0.15, 0.2) is 60.3 Å². The van der Waals surface area contributed by atoms with Gasteiger partial charge in [-0.15, -0.1) is 0 Å². The monoisotopic (exact) mass is 259 g/mol.